The normalized spacial score (nSPS) is 43.4. The molecule has 8 aliphatic carbocycles. The van der Waals surface area contributed by atoms with Gasteiger partial charge in [-0.2, -0.15) is 0 Å². The summed E-state index contributed by atoms with van der Waals surface area (Å²) in [6, 6.07) is 0. The summed E-state index contributed by atoms with van der Waals surface area (Å²) in [6.07, 6.45) is 20.1. The number of rotatable bonds is 2. The highest BCUT2D eigenvalue weighted by molar-refractivity contribution is 5.92. The molecule has 0 radical (unpaired) electrons. The van der Waals surface area contributed by atoms with Crippen LogP contribution in [0.15, 0.2) is 37.4 Å². The van der Waals surface area contributed by atoms with E-state index in [0.29, 0.717) is 30.0 Å². The second-order valence-corrected chi connectivity index (χ2v) is 13.0. The fourth-order valence-electron chi connectivity index (χ4n) is 9.78. The van der Waals surface area contributed by atoms with Gasteiger partial charge in [0.1, 0.15) is 18.4 Å². The molecule has 8 fully saturated rings. The molecule has 8 bridgehead atoms. The zero-order chi connectivity index (χ0) is 24.7. The lowest BCUT2D eigenvalue weighted by Gasteiger charge is -2.59. The molecule has 8 aliphatic rings. The Bertz CT molecular complexity index is 1170. The van der Waals surface area contributed by atoms with Crippen LogP contribution in [0.4, 0.5) is 0 Å². The van der Waals surface area contributed by atoms with Crippen LogP contribution in [0, 0.1) is 40.4 Å². The van der Waals surface area contributed by atoms with Gasteiger partial charge in [0.05, 0.1) is 16.4 Å². The molecule has 0 aromatic carbocycles. The number of Topliss-reactive ketones (excluding diaryl/α,β-unsaturated/α-hetero) is 1. The van der Waals surface area contributed by atoms with Gasteiger partial charge in [-0.05, 0) is 88.4 Å². The van der Waals surface area contributed by atoms with Crippen LogP contribution in [0.3, 0.4) is 0 Å². The van der Waals surface area contributed by atoms with E-state index in [9.17, 15) is 19.5 Å². The van der Waals surface area contributed by atoms with Gasteiger partial charge in [0, 0.05) is 36.6 Å². The van der Waals surface area contributed by atoms with Crippen LogP contribution in [-0.4, -0.2) is 47.4 Å². The molecule has 0 spiro atoms. The minimum Gasteiger partial charge on any atom is -0.390 e. The lowest BCUT2D eigenvalue weighted by molar-refractivity contribution is -0.150. The number of carbonyl (C=O) groups is 3. The van der Waals surface area contributed by atoms with E-state index in [2.05, 4.69) is 9.97 Å². The summed E-state index contributed by atoms with van der Waals surface area (Å²) in [5.41, 5.74) is -1.16. The van der Waals surface area contributed by atoms with Gasteiger partial charge in [0.25, 0.3) is 0 Å². The summed E-state index contributed by atoms with van der Waals surface area (Å²) >= 11 is 0. The van der Waals surface area contributed by atoms with E-state index in [0.717, 1.165) is 57.8 Å². The molecule has 2 heterocycles. The van der Waals surface area contributed by atoms with Crippen molar-refractivity contribution in [3.05, 3.63) is 37.4 Å². The van der Waals surface area contributed by atoms with Gasteiger partial charge in [-0.25, -0.2) is 9.97 Å². The fourth-order valence-corrected chi connectivity index (χ4v) is 9.78. The van der Waals surface area contributed by atoms with Crippen molar-refractivity contribution in [3.63, 3.8) is 0 Å². The van der Waals surface area contributed by atoms with Crippen molar-refractivity contribution in [1.29, 1.82) is 0 Å². The zero-order valence-corrected chi connectivity index (χ0v) is 20.6. The van der Waals surface area contributed by atoms with Crippen molar-refractivity contribution in [2.45, 2.75) is 76.2 Å². The predicted octanol–water partition coefficient (Wildman–Crippen LogP) is 3.77. The molecule has 0 amide bonds. The van der Waals surface area contributed by atoms with E-state index in [4.69, 9.17) is 0 Å². The third-order valence-electron chi connectivity index (χ3n) is 10.4. The average Bonchev–Trinajstić information content (AvgIpc) is 3.54. The molecule has 0 saturated heterocycles. The highest BCUT2D eigenvalue weighted by atomic mass is 16.3. The Kier molecular flexibility index (Phi) is 4.83. The average molecular weight is 491 g/mol. The highest BCUT2D eigenvalue weighted by Crippen LogP contribution is 2.62. The van der Waals surface area contributed by atoms with Crippen LogP contribution in [0.1, 0.15) is 80.2 Å². The Morgan fingerprint density at radius 3 is 1.78 bits per heavy atom. The Hall–Kier alpha value is -2.61. The molecule has 4 unspecified atom stereocenters. The SMILES string of the molecule is O=C(n1ccnc1)C12CC3CC(CC(O)(C3)C1)C2.O=C1C2CC3CC1CC(C(=O)n1ccnc1)(C3)C2. The Morgan fingerprint density at radius 2 is 1.28 bits per heavy atom. The second kappa shape index (κ2) is 7.70. The first-order valence-electron chi connectivity index (χ1n) is 13.6. The number of aliphatic hydroxyl groups is 1. The molecule has 10 rings (SSSR count). The van der Waals surface area contributed by atoms with Gasteiger partial charge < -0.3 is 5.11 Å². The molecule has 2 aromatic heterocycles. The monoisotopic (exact) mass is 490 g/mol. The van der Waals surface area contributed by atoms with Crippen molar-refractivity contribution in [1.82, 2.24) is 19.1 Å². The maximum atomic E-state index is 12.7. The summed E-state index contributed by atoms with van der Waals surface area (Å²) in [4.78, 5) is 45.4. The van der Waals surface area contributed by atoms with Crippen LogP contribution < -0.4 is 0 Å². The topological polar surface area (TPSA) is 107 Å². The smallest absolute Gasteiger partial charge is 0.238 e. The van der Waals surface area contributed by atoms with E-state index in [1.165, 1.54) is 6.42 Å². The summed E-state index contributed by atoms with van der Waals surface area (Å²) in [7, 11) is 0. The summed E-state index contributed by atoms with van der Waals surface area (Å²) in [6.45, 7) is 0. The van der Waals surface area contributed by atoms with Crippen molar-refractivity contribution in [3.8, 4) is 0 Å². The van der Waals surface area contributed by atoms with Crippen LogP contribution in [0.5, 0.6) is 0 Å². The lowest BCUT2D eigenvalue weighted by atomic mass is 9.47. The quantitative estimate of drug-likeness (QED) is 0.687. The van der Waals surface area contributed by atoms with Crippen LogP contribution in [0.25, 0.3) is 0 Å². The molecular formula is C28H34N4O4. The Balaban J connectivity index is 0.000000122. The van der Waals surface area contributed by atoms with Gasteiger partial charge in [-0.1, -0.05) is 0 Å². The first-order chi connectivity index (χ1) is 17.3. The van der Waals surface area contributed by atoms with E-state index >= 15 is 0 Å². The van der Waals surface area contributed by atoms with Crippen LogP contribution in [-0.2, 0) is 4.79 Å². The molecule has 4 atom stereocenters. The fraction of sp³-hybridized carbons (Fsp3) is 0.679. The zero-order valence-electron chi connectivity index (χ0n) is 20.6. The number of ketones is 1. The number of imidazole rings is 2. The standard InChI is InChI=1S/C14H18N2O2.C14H16N2O2/c17-12(16-2-1-15-9-16)13-4-10-3-11(5-13)7-14(18,6-10)8-13;17-12-10-3-9-4-11(12)7-14(5-9,6-10)13(18)16-2-1-15-8-16/h1-2,9-11,18H,3-8H2;1-2,8-11H,3-7H2. The lowest BCUT2D eigenvalue weighted by Crippen LogP contribution is -2.58. The third-order valence-corrected chi connectivity index (χ3v) is 10.4. The van der Waals surface area contributed by atoms with Crippen LogP contribution in [0.2, 0.25) is 0 Å². The van der Waals surface area contributed by atoms with E-state index in [1.807, 2.05) is 0 Å². The number of hydrogen-bond acceptors (Lipinski definition) is 6. The van der Waals surface area contributed by atoms with Gasteiger partial charge in [0.15, 0.2) is 0 Å². The molecule has 36 heavy (non-hydrogen) atoms. The highest BCUT2D eigenvalue weighted by Gasteiger charge is 2.61. The second-order valence-electron chi connectivity index (χ2n) is 13.0. The van der Waals surface area contributed by atoms with Crippen LogP contribution >= 0.6 is 0 Å². The third kappa shape index (κ3) is 3.40. The number of hydrogen-bond donors (Lipinski definition) is 1. The summed E-state index contributed by atoms with van der Waals surface area (Å²) in [5, 5.41) is 10.6. The molecule has 8 saturated carbocycles. The molecule has 8 heteroatoms. The van der Waals surface area contributed by atoms with E-state index < -0.39 is 5.60 Å². The number of carbonyl (C=O) groups excluding carboxylic acids is 3. The van der Waals surface area contributed by atoms with Gasteiger partial charge >= 0.3 is 0 Å². The maximum absolute atomic E-state index is 12.7. The molecule has 1 N–H and O–H groups in total. The molecule has 190 valence electrons. The van der Waals surface area contributed by atoms with Gasteiger partial charge in [0.2, 0.25) is 11.8 Å². The maximum Gasteiger partial charge on any atom is 0.238 e. The minimum absolute atomic E-state index is 0.146. The van der Waals surface area contributed by atoms with E-state index in [1.54, 1.807) is 46.6 Å². The number of aromatic nitrogens is 4. The van der Waals surface area contributed by atoms with Crippen molar-refractivity contribution >= 4 is 17.6 Å². The van der Waals surface area contributed by atoms with Crippen molar-refractivity contribution in [2.24, 2.45) is 40.4 Å². The number of nitrogens with zero attached hydrogens (tertiary/aromatic N) is 4. The van der Waals surface area contributed by atoms with Crippen molar-refractivity contribution in [2.75, 3.05) is 0 Å². The van der Waals surface area contributed by atoms with Gasteiger partial charge in [-0.3, -0.25) is 23.5 Å². The van der Waals surface area contributed by atoms with Gasteiger partial charge in [-0.15, -0.1) is 0 Å². The van der Waals surface area contributed by atoms with Crippen molar-refractivity contribution < 1.29 is 19.5 Å². The summed E-state index contributed by atoms with van der Waals surface area (Å²) in [5.74, 6) is 2.73. The molecular weight excluding hydrogens is 456 g/mol. The molecule has 2 aromatic rings. The molecule has 8 nitrogen and oxygen atoms in total. The Labute approximate surface area is 210 Å². The minimum atomic E-state index is -0.569. The molecule has 0 aliphatic heterocycles. The first-order valence-corrected chi connectivity index (χ1v) is 13.6. The van der Waals surface area contributed by atoms with E-state index in [-0.39, 0.29) is 34.5 Å². The largest absolute Gasteiger partial charge is 0.390 e. The first kappa shape index (κ1) is 22.6. The predicted molar refractivity (Wildman–Crippen MR) is 129 cm³/mol. The Morgan fingerprint density at radius 1 is 0.750 bits per heavy atom. The summed E-state index contributed by atoms with van der Waals surface area (Å²) < 4.78 is 3.22.